The van der Waals surface area contributed by atoms with Crippen LogP contribution in [0.15, 0.2) is 40.6 Å². The van der Waals surface area contributed by atoms with Crippen molar-refractivity contribution in [1.29, 1.82) is 0 Å². The van der Waals surface area contributed by atoms with Crippen molar-refractivity contribution in [3.05, 3.63) is 47.0 Å². The molecule has 0 bridgehead atoms. The molecule has 1 aliphatic heterocycles. The van der Waals surface area contributed by atoms with Crippen LogP contribution in [0.3, 0.4) is 0 Å². The maximum Gasteiger partial charge on any atom is 0.193 e. The summed E-state index contributed by atoms with van der Waals surface area (Å²) in [6.07, 6.45) is 6.32. The molecule has 0 unspecified atom stereocenters. The Morgan fingerprint density at radius 3 is 2.77 bits per heavy atom. The van der Waals surface area contributed by atoms with Gasteiger partial charge < -0.3 is 9.46 Å². The molecule has 1 aliphatic rings. The van der Waals surface area contributed by atoms with Gasteiger partial charge in [0.05, 0.1) is 5.69 Å². The van der Waals surface area contributed by atoms with Crippen LogP contribution in [0.25, 0.3) is 6.08 Å². The van der Waals surface area contributed by atoms with Gasteiger partial charge in [-0.3, -0.25) is 0 Å². The molecule has 1 fully saturated rings. The molecule has 1 aromatic carbocycles. The smallest absolute Gasteiger partial charge is 0.193 e. The van der Waals surface area contributed by atoms with E-state index in [0.29, 0.717) is 5.92 Å². The topological polar surface area (TPSA) is 34.2 Å². The number of benzene rings is 1. The van der Waals surface area contributed by atoms with E-state index >= 15 is 0 Å². The second kappa shape index (κ2) is 7.81. The number of anilines is 1. The van der Waals surface area contributed by atoms with Crippen molar-refractivity contribution in [2.24, 2.45) is 0 Å². The van der Waals surface area contributed by atoms with Crippen LogP contribution >= 0.6 is 23.3 Å². The zero-order chi connectivity index (χ0) is 15.2. The van der Waals surface area contributed by atoms with Crippen LogP contribution in [0.1, 0.15) is 36.9 Å². The van der Waals surface area contributed by atoms with Gasteiger partial charge in [-0.05, 0) is 49.4 Å². The highest BCUT2D eigenvalue weighted by Crippen LogP contribution is 2.31. The van der Waals surface area contributed by atoms with Gasteiger partial charge >= 0.3 is 0 Å². The number of nitrogens with one attached hydrogen (secondary N) is 1. The lowest BCUT2D eigenvalue weighted by Gasteiger charge is -2.19. The SMILES string of the molecule is C/C=C/c1ccc(SNc2nc(C3CCOCC3)cs2)cc1. The molecule has 5 heteroatoms. The maximum atomic E-state index is 5.41. The molecular formula is C17H20N2OS2. The zero-order valence-corrected chi connectivity index (χ0v) is 14.3. The Bertz CT molecular complexity index is 616. The van der Waals surface area contributed by atoms with Gasteiger partial charge in [0.25, 0.3) is 0 Å². The average molecular weight is 332 g/mol. The van der Waals surface area contributed by atoms with E-state index in [4.69, 9.17) is 9.72 Å². The maximum absolute atomic E-state index is 5.41. The summed E-state index contributed by atoms with van der Waals surface area (Å²) in [6, 6.07) is 8.50. The number of aromatic nitrogens is 1. The Balaban J connectivity index is 1.56. The van der Waals surface area contributed by atoms with Gasteiger partial charge in [-0.25, -0.2) is 4.98 Å². The third kappa shape index (κ3) is 4.12. The Labute approximate surface area is 139 Å². The number of allylic oxidation sites excluding steroid dienone is 1. The Morgan fingerprint density at radius 2 is 2.05 bits per heavy atom. The fourth-order valence-corrected chi connectivity index (χ4v) is 3.93. The summed E-state index contributed by atoms with van der Waals surface area (Å²) < 4.78 is 8.76. The zero-order valence-electron chi connectivity index (χ0n) is 12.6. The summed E-state index contributed by atoms with van der Waals surface area (Å²) in [5, 5.41) is 3.15. The lowest BCUT2D eigenvalue weighted by molar-refractivity contribution is 0.0846. The van der Waals surface area contributed by atoms with E-state index in [1.165, 1.54) is 16.2 Å². The standard InChI is InChI=1S/C17H20N2OS2/c1-2-3-13-4-6-15(7-5-13)22-19-17-18-16(12-21-17)14-8-10-20-11-9-14/h2-7,12,14H,8-11H2,1H3,(H,18,19)/b3-2+. The van der Waals surface area contributed by atoms with Gasteiger partial charge in [-0.2, -0.15) is 0 Å². The molecule has 22 heavy (non-hydrogen) atoms. The fraction of sp³-hybridized carbons (Fsp3) is 0.353. The summed E-state index contributed by atoms with van der Waals surface area (Å²) in [6.45, 7) is 3.75. The van der Waals surface area contributed by atoms with Crippen LogP contribution in [0.4, 0.5) is 5.13 Å². The monoisotopic (exact) mass is 332 g/mol. The van der Waals surface area contributed by atoms with E-state index in [-0.39, 0.29) is 0 Å². The average Bonchev–Trinajstić information content (AvgIpc) is 3.04. The molecule has 0 saturated carbocycles. The lowest BCUT2D eigenvalue weighted by atomic mass is 9.98. The van der Waals surface area contributed by atoms with E-state index in [1.807, 2.05) is 13.0 Å². The number of rotatable bonds is 5. The minimum absolute atomic E-state index is 0.561. The number of nitrogens with zero attached hydrogens (tertiary/aromatic N) is 1. The van der Waals surface area contributed by atoms with Crippen molar-refractivity contribution in [3.63, 3.8) is 0 Å². The number of thiazole rings is 1. The first-order chi connectivity index (χ1) is 10.8. The summed E-state index contributed by atoms with van der Waals surface area (Å²) in [4.78, 5) is 5.91. The van der Waals surface area contributed by atoms with Gasteiger partial charge in [0, 0.05) is 29.4 Å². The van der Waals surface area contributed by atoms with Crippen molar-refractivity contribution in [1.82, 2.24) is 4.98 Å². The Hall–Kier alpha value is -1.30. The van der Waals surface area contributed by atoms with Crippen LogP contribution in [0.5, 0.6) is 0 Å². The van der Waals surface area contributed by atoms with E-state index in [1.54, 1.807) is 23.3 Å². The highest BCUT2D eigenvalue weighted by Gasteiger charge is 2.18. The molecule has 2 aromatic rings. The van der Waals surface area contributed by atoms with Crippen LogP contribution < -0.4 is 4.72 Å². The van der Waals surface area contributed by atoms with Gasteiger partial charge in [-0.15, -0.1) is 11.3 Å². The van der Waals surface area contributed by atoms with Gasteiger partial charge in [-0.1, -0.05) is 24.3 Å². The third-order valence-electron chi connectivity index (χ3n) is 3.66. The van der Waals surface area contributed by atoms with Crippen LogP contribution in [-0.4, -0.2) is 18.2 Å². The predicted molar refractivity (Wildman–Crippen MR) is 95.5 cm³/mol. The number of ether oxygens (including phenoxy) is 1. The van der Waals surface area contributed by atoms with E-state index < -0.39 is 0 Å². The molecule has 1 aromatic heterocycles. The van der Waals surface area contributed by atoms with Crippen molar-refractivity contribution in [3.8, 4) is 0 Å². The largest absolute Gasteiger partial charge is 0.381 e. The molecule has 0 aliphatic carbocycles. The van der Waals surface area contributed by atoms with Crippen LogP contribution in [0, 0.1) is 0 Å². The van der Waals surface area contributed by atoms with Gasteiger partial charge in [0.2, 0.25) is 0 Å². The third-order valence-corrected chi connectivity index (χ3v) is 5.37. The highest BCUT2D eigenvalue weighted by molar-refractivity contribution is 8.00. The second-order valence-corrected chi connectivity index (χ2v) is 6.98. The van der Waals surface area contributed by atoms with E-state index in [9.17, 15) is 0 Å². The molecule has 2 heterocycles. The summed E-state index contributed by atoms with van der Waals surface area (Å²) >= 11 is 3.29. The van der Waals surface area contributed by atoms with Crippen molar-refractivity contribution < 1.29 is 4.74 Å². The lowest BCUT2D eigenvalue weighted by Crippen LogP contribution is -2.14. The van der Waals surface area contributed by atoms with E-state index in [2.05, 4.69) is 40.4 Å². The minimum atomic E-state index is 0.561. The summed E-state index contributed by atoms with van der Waals surface area (Å²) in [7, 11) is 0. The molecule has 3 nitrogen and oxygen atoms in total. The molecule has 116 valence electrons. The first-order valence-electron chi connectivity index (χ1n) is 7.54. The van der Waals surface area contributed by atoms with Crippen molar-refractivity contribution in [2.75, 3.05) is 17.9 Å². The molecule has 0 amide bonds. The first-order valence-corrected chi connectivity index (χ1v) is 9.23. The van der Waals surface area contributed by atoms with E-state index in [0.717, 1.165) is 31.2 Å². The number of hydrogen-bond donors (Lipinski definition) is 1. The molecule has 0 radical (unpaired) electrons. The molecular weight excluding hydrogens is 312 g/mol. The van der Waals surface area contributed by atoms with Gasteiger partial charge in [0.15, 0.2) is 5.13 Å². The van der Waals surface area contributed by atoms with Gasteiger partial charge in [0.1, 0.15) is 0 Å². The number of hydrogen-bond acceptors (Lipinski definition) is 5. The molecule has 0 atom stereocenters. The Morgan fingerprint density at radius 1 is 1.27 bits per heavy atom. The fourth-order valence-electron chi connectivity index (χ4n) is 2.46. The summed E-state index contributed by atoms with van der Waals surface area (Å²) in [5.41, 5.74) is 2.43. The molecule has 3 rings (SSSR count). The highest BCUT2D eigenvalue weighted by atomic mass is 32.2. The molecule has 1 N–H and O–H groups in total. The normalized spacial score (nSPS) is 16.2. The van der Waals surface area contributed by atoms with Crippen LogP contribution in [-0.2, 0) is 4.74 Å². The Kier molecular flexibility index (Phi) is 5.53. The quantitative estimate of drug-likeness (QED) is 0.764. The summed E-state index contributed by atoms with van der Waals surface area (Å²) in [5.74, 6) is 0.561. The van der Waals surface area contributed by atoms with Crippen molar-refractivity contribution >= 4 is 34.5 Å². The predicted octanol–water partition coefficient (Wildman–Crippen LogP) is 5.19. The minimum Gasteiger partial charge on any atom is -0.381 e. The molecule has 0 spiro atoms. The first kappa shape index (κ1) is 15.6. The molecule has 1 saturated heterocycles. The second-order valence-electron chi connectivity index (χ2n) is 5.24. The van der Waals surface area contributed by atoms with Crippen LogP contribution in [0.2, 0.25) is 0 Å². The van der Waals surface area contributed by atoms with Crippen molar-refractivity contribution in [2.45, 2.75) is 30.6 Å².